The maximum Gasteiger partial charge on any atom is 0.216 e. The first-order chi connectivity index (χ1) is 8.08. The SMILES string of the molecule is Cc1ccc(-c2ccc(N(C)C)nc2)nc1F. The highest BCUT2D eigenvalue weighted by molar-refractivity contribution is 5.59. The van der Waals surface area contributed by atoms with Crippen LogP contribution >= 0.6 is 0 Å². The topological polar surface area (TPSA) is 29.0 Å². The maximum absolute atomic E-state index is 13.3. The summed E-state index contributed by atoms with van der Waals surface area (Å²) in [4.78, 5) is 10.1. The van der Waals surface area contributed by atoms with Gasteiger partial charge < -0.3 is 4.90 Å². The third kappa shape index (κ3) is 2.41. The van der Waals surface area contributed by atoms with Crippen molar-refractivity contribution in [1.82, 2.24) is 9.97 Å². The van der Waals surface area contributed by atoms with Gasteiger partial charge in [0.25, 0.3) is 0 Å². The van der Waals surface area contributed by atoms with Gasteiger partial charge in [0.05, 0.1) is 5.69 Å². The molecule has 0 aliphatic carbocycles. The molecule has 2 aromatic rings. The Morgan fingerprint density at radius 2 is 1.88 bits per heavy atom. The fourth-order valence-corrected chi connectivity index (χ4v) is 1.47. The number of halogens is 1. The van der Waals surface area contributed by atoms with Crippen LogP contribution in [0.25, 0.3) is 11.3 Å². The van der Waals surface area contributed by atoms with Crippen molar-refractivity contribution in [3.05, 3.63) is 42.0 Å². The molecular formula is C13H14FN3. The second-order valence-electron chi connectivity index (χ2n) is 4.10. The molecule has 0 amide bonds. The van der Waals surface area contributed by atoms with E-state index in [9.17, 15) is 4.39 Å². The van der Waals surface area contributed by atoms with Crippen LogP contribution in [0.5, 0.6) is 0 Å². The smallest absolute Gasteiger partial charge is 0.216 e. The Labute approximate surface area is 99.9 Å². The van der Waals surface area contributed by atoms with Crippen LogP contribution < -0.4 is 4.90 Å². The lowest BCUT2D eigenvalue weighted by Gasteiger charge is -2.11. The molecule has 0 aromatic carbocycles. The van der Waals surface area contributed by atoms with Gasteiger partial charge in [0, 0.05) is 31.4 Å². The van der Waals surface area contributed by atoms with Gasteiger partial charge in [0.2, 0.25) is 5.95 Å². The molecule has 0 fully saturated rings. The molecule has 0 bridgehead atoms. The Morgan fingerprint density at radius 3 is 2.41 bits per heavy atom. The minimum absolute atomic E-state index is 0.431. The van der Waals surface area contributed by atoms with E-state index < -0.39 is 5.95 Å². The normalized spacial score (nSPS) is 10.4. The summed E-state index contributed by atoms with van der Waals surface area (Å²) < 4.78 is 13.3. The largest absolute Gasteiger partial charge is 0.363 e. The lowest BCUT2D eigenvalue weighted by atomic mass is 10.1. The molecule has 0 aliphatic rings. The third-order valence-electron chi connectivity index (χ3n) is 2.54. The highest BCUT2D eigenvalue weighted by atomic mass is 19.1. The van der Waals surface area contributed by atoms with E-state index in [2.05, 4.69) is 9.97 Å². The number of hydrogen-bond donors (Lipinski definition) is 0. The van der Waals surface area contributed by atoms with Gasteiger partial charge in [-0.2, -0.15) is 4.39 Å². The average molecular weight is 231 g/mol. The maximum atomic E-state index is 13.3. The van der Waals surface area contributed by atoms with Crippen LogP contribution in [0.2, 0.25) is 0 Å². The minimum atomic E-state index is -0.431. The van der Waals surface area contributed by atoms with Gasteiger partial charge in [-0.25, -0.2) is 9.97 Å². The van der Waals surface area contributed by atoms with Crippen LogP contribution in [0.3, 0.4) is 0 Å². The van der Waals surface area contributed by atoms with Gasteiger partial charge >= 0.3 is 0 Å². The Bertz CT molecular complexity index is 521. The number of hydrogen-bond acceptors (Lipinski definition) is 3. The Hall–Kier alpha value is -1.97. The van der Waals surface area contributed by atoms with E-state index in [0.717, 1.165) is 11.4 Å². The number of aromatic nitrogens is 2. The molecule has 17 heavy (non-hydrogen) atoms. The molecule has 0 aliphatic heterocycles. The molecule has 3 nitrogen and oxygen atoms in total. The molecule has 0 N–H and O–H groups in total. The monoisotopic (exact) mass is 231 g/mol. The minimum Gasteiger partial charge on any atom is -0.363 e. The summed E-state index contributed by atoms with van der Waals surface area (Å²) in [6, 6.07) is 7.29. The van der Waals surface area contributed by atoms with E-state index in [-0.39, 0.29) is 0 Å². The first-order valence-electron chi connectivity index (χ1n) is 5.35. The molecule has 0 spiro atoms. The van der Waals surface area contributed by atoms with E-state index >= 15 is 0 Å². The summed E-state index contributed by atoms with van der Waals surface area (Å²) in [6.45, 7) is 1.69. The standard InChI is InChI=1S/C13H14FN3/c1-9-4-6-11(16-13(9)14)10-5-7-12(15-8-10)17(2)3/h4-8H,1-3H3. The predicted octanol–water partition coefficient (Wildman–Crippen LogP) is 2.66. The van der Waals surface area contributed by atoms with Crippen molar-refractivity contribution >= 4 is 5.82 Å². The van der Waals surface area contributed by atoms with Crippen molar-refractivity contribution in [3.63, 3.8) is 0 Å². The van der Waals surface area contributed by atoms with Crippen molar-refractivity contribution in [1.29, 1.82) is 0 Å². The van der Waals surface area contributed by atoms with E-state index in [0.29, 0.717) is 11.3 Å². The summed E-state index contributed by atoms with van der Waals surface area (Å²) in [5.41, 5.74) is 1.96. The number of anilines is 1. The van der Waals surface area contributed by atoms with Crippen LogP contribution in [0.4, 0.5) is 10.2 Å². The van der Waals surface area contributed by atoms with Crippen molar-refractivity contribution < 1.29 is 4.39 Å². The van der Waals surface area contributed by atoms with E-state index in [4.69, 9.17) is 0 Å². The van der Waals surface area contributed by atoms with Crippen LogP contribution in [0.1, 0.15) is 5.56 Å². The summed E-state index contributed by atoms with van der Waals surface area (Å²) in [7, 11) is 3.84. The first-order valence-corrected chi connectivity index (χ1v) is 5.35. The van der Waals surface area contributed by atoms with Gasteiger partial charge in [0.15, 0.2) is 0 Å². The third-order valence-corrected chi connectivity index (χ3v) is 2.54. The van der Waals surface area contributed by atoms with E-state index in [1.54, 1.807) is 25.3 Å². The lowest BCUT2D eigenvalue weighted by molar-refractivity contribution is 0.576. The molecule has 2 heterocycles. The molecule has 88 valence electrons. The second kappa shape index (κ2) is 4.49. The van der Waals surface area contributed by atoms with E-state index in [1.807, 2.05) is 31.1 Å². The molecule has 0 radical (unpaired) electrons. The van der Waals surface area contributed by atoms with Crippen molar-refractivity contribution in [2.75, 3.05) is 19.0 Å². The van der Waals surface area contributed by atoms with Crippen LogP contribution in [0.15, 0.2) is 30.5 Å². The molecular weight excluding hydrogens is 217 g/mol. The lowest BCUT2D eigenvalue weighted by Crippen LogP contribution is -2.10. The average Bonchev–Trinajstić information content (AvgIpc) is 2.33. The molecule has 0 atom stereocenters. The Morgan fingerprint density at radius 1 is 1.12 bits per heavy atom. The molecule has 2 aromatic heterocycles. The zero-order valence-corrected chi connectivity index (χ0v) is 10.1. The molecule has 0 saturated heterocycles. The predicted molar refractivity (Wildman–Crippen MR) is 66.5 cm³/mol. The fraction of sp³-hybridized carbons (Fsp3) is 0.231. The number of nitrogens with zero attached hydrogens (tertiary/aromatic N) is 3. The Kier molecular flexibility index (Phi) is 3.04. The molecule has 4 heteroatoms. The van der Waals surface area contributed by atoms with Crippen LogP contribution in [-0.4, -0.2) is 24.1 Å². The number of pyridine rings is 2. The van der Waals surface area contributed by atoms with Gasteiger partial charge in [-0.1, -0.05) is 6.07 Å². The van der Waals surface area contributed by atoms with Crippen molar-refractivity contribution in [2.24, 2.45) is 0 Å². The highest BCUT2D eigenvalue weighted by Crippen LogP contribution is 2.19. The zero-order chi connectivity index (χ0) is 12.4. The molecule has 0 unspecified atom stereocenters. The molecule has 0 saturated carbocycles. The summed E-state index contributed by atoms with van der Waals surface area (Å²) in [5.74, 6) is 0.431. The van der Waals surface area contributed by atoms with Gasteiger partial charge in [0.1, 0.15) is 5.82 Å². The van der Waals surface area contributed by atoms with Crippen LogP contribution in [-0.2, 0) is 0 Å². The van der Waals surface area contributed by atoms with Crippen molar-refractivity contribution in [3.8, 4) is 11.3 Å². The fourth-order valence-electron chi connectivity index (χ4n) is 1.47. The van der Waals surface area contributed by atoms with E-state index in [1.165, 1.54) is 0 Å². The second-order valence-corrected chi connectivity index (χ2v) is 4.10. The van der Waals surface area contributed by atoms with Gasteiger partial charge in [-0.05, 0) is 25.1 Å². The first kappa shape index (κ1) is 11.5. The summed E-state index contributed by atoms with van der Waals surface area (Å²) in [6.07, 6.45) is 1.70. The number of rotatable bonds is 2. The quantitative estimate of drug-likeness (QED) is 0.744. The van der Waals surface area contributed by atoms with Crippen LogP contribution in [0, 0.1) is 12.9 Å². The van der Waals surface area contributed by atoms with Crippen molar-refractivity contribution in [2.45, 2.75) is 6.92 Å². The summed E-state index contributed by atoms with van der Waals surface area (Å²) in [5, 5.41) is 0. The number of aryl methyl sites for hydroxylation is 1. The van der Waals surface area contributed by atoms with Gasteiger partial charge in [-0.15, -0.1) is 0 Å². The molecule has 2 rings (SSSR count). The van der Waals surface area contributed by atoms with Gasteiger partial charge in [-0.3, -0.25) is 0 Å². The zero-order valence-electron chi connectivity index (χ0n) is 10.1. The summed E-state index contributed by atoms with van der Waals surface area (Å²) >= 11 is 0. The highest BCUT2D eigenvalue weighted by Gasteiger charge is 2.04. The Balaban J connectivity index is 2.36.